The highest BCUT2D eigenvalue weighted by Crippen LogP contribution is 2.40. The molecule has 0 saturated carbocycles. The maximum atomic E-state index is 13.0. The summed E-state index contributed by atoms with van der Waals surface area (Å²) in [6.07, 6.45) is 1.65. The van der Waals surface area contributed by atoms with Crippen LogP contribution in [0.3, 0.4) is 0 Å². The number of halogens is 1. The van der Waals surface area contributed by atoms with E-state index in [2.05, 4.69) is 12.2 Å². The Labute approximate surface area is 146 Å². The fraction of sp³-hybridized carbons (Fsp3) is 0.250. The number of anilines is 2. The smallest absolute Gasteiger partial charge is 0.254 e. The van der Waals surface area contributed by atoms with Crippen LogP contribution in [-0.4, -0.2) is 18.5 Å². The van der Waals surface area contributed by atoms with Gasteiger partial charge in [0, 0.05) is 40.1 Å². The number of hydrogen-bond acceptors (Lipinski definition) is 2. The van der Waals surface area contributed by atoms with Crippen molar-refractivity contribution in [1.82, 2.24) is 0 Å². The quantitative estimate of drug-likeness (QED) is 0.762. The van der Waals surface area contributed by atoms with Crippen LogP contribution in [-0.2, 0) is 4.79 Å². The van der Waals surface area contributed by atoms with Crippen LogP contribution >= 0.6 is 11.6 Å². The predicted molar refractivity (Wildman–Crippen MR) is 99.5 cm³/mol. The molecule has 24 heavy (non-hydrogen) atoms. The lowest BCUT2D eigenvalue weighted by Gasteiger charge is -2.28. The molecule has 0 bridgehead atoms. The fourth-order valence-corrected chi connectivity index (χ4v) is 3.82. The maximum Gasteiger partial charge on any atom is 0.254 e. The molecule has 4 heteroatoms. The number of fused-ring (bicyclic) bond motifs is 1. The molecule has 1 fully saturated rings. The summed E-state index contributed by atoms with van der Waals surface area (Å²) in [5, 5.41) is 4.18. The van der Waals surface area contributed by atoms with Crippen molar-refractivity contribution in [2.75, 3.05) is 16.8 Å². The fourth-order valence-electron chi connectivity index (χ4n) is 3.65. The van der Waals surface area contributed by atoms with Crippen LogP contribution < -0.4 is 10.2 Å². The van der Waals surface area contributed by atoms with Gasteiger partial charge in [-0.05, 0) is 49.6 Å². The zero-order valence-electron chi connectivity index (χ0n) is 13.6. The molecule has 1 amide bonds. The minimum absolute atomic E-state index is 0.131. The number of amides is 1. The van der Waals surface area contributed by atoms with Gasteiger partial charge >= 0.3 is 0 Å². The van der Waals surface area contributed by atoms with Gasteiger partial charge in [-0.1, -0.05) is 35.9 Å². The molecule has 1 N–H and O–H groups in total. The van der Waals surface area contributed by atoms with E-state index in [0.717, 1.165) is 47.5 Å². The van der Waals surface area contributed by atoms with Gasteiger partial charge in [-0.15, -0.1) is 0 Å². The third-order valence-corrected chi connectivity index (χ3v) is 4.97. The van der Waals surface area contributed by atoms with E-state index in [1.165, 1.54) is 0 Å². The predicted octanol–water partition coefficient (Wildman–Crippen LogP) is 4.73. The van der Waals surface area contributed by atoms with Crippen LogP contribution in [0.25, 0.3) is 5.57 Å². The van der Waals surface area contributed by atoms with E-state index in [1.54, 1.807) is 0 Å². The number of para-hydroxylation sites is 1. The van der Waals surface area contributed by atoms with Crippen molar-refractivity contribution in [3.63, 3.8) is 0 Å². The molecule has 4 rings (SSSR count). The highest BCUT2D eigenvalue weighted by atomic mass is 35.5. The highest BCUT2D eigenvalue weighted by Gasteiger charge is 2.32. The standard InChI is InChI=1S/C20H19ClN2O/c1-13-11-18(16-8-7-14(21)12-19(16)22-13)17-9-10-23(20(17)24)15-5-3-2-4-6-15/h2-8,12-13,22H,9-11H2,1H3/b18-17+. The zero-order valence-corrected chi connectivity index (χ0v) is 14.3. The van der Waals surface area contributed by atoms with E-state index in [9.17, 15) is 4.79 Å². The maximum absolute atomic E-state index is 13.0. The van der Waals surface area contributed by atoms with Gasteiger partial charge in [0.05, 0.1) is 0 Å². The summed E-state index contributed by atoms with van der Waals surface area (Å²) in [6, 6.07) is 16.0. The van der Waals surface area contributed by atoms with Gasteiger partial charge in [0.1, 0.15) is 0 Å². The van der Waals surface area contributed by atoms with Gasteiger partial charge in [0.25, 0.3) is 5.91 Å². The van der Waals surface area contributed by atoms with Crippen molar-refractivity contribution in [2.24, 2.45) is 0 Å². The molecule has 1 saturated heterocycles. The monoisotopic (exact) mass is 338 g/mol. The SMILES string of the molecule is CC1C/C(=C2/CCN(c3ccccc3)C2=O)c2ccc(Cl)cc2N1. The van der Waals surface area contributed by atoms with Gasteiger partial charge in [-0.2, -0.15) is 0 Å². The summed E-state index contributed by atoms with van der Waals surface area (Å²) in [7, 11) is 0. The molecule has 1 atom stereocenters. The number of carbonyl (C=O) groups excluding carboxylic acids is 1. The minimum Gasteiger partial charge on any atom is -0.382 e. The largest absolute Gasteiger partial charge is 0.382 e. The van der Waals surface area contributed by atoms with Crippen LogP contribution in [0.5, 0.6) is 0 Å². The topological polar surface area (TPSA) is 32.3 Å². The lowest BCUT2D eigenvalue weighted by molar-refractivity contribution is -0.114. The van der Waals surface area contributed by atoms with Gasteiger partial charge in [0.15, 0.2) is 0 Å². The Kier molecular flexibility index (Phi) is 3.81. The number of carbonyl (C=O) groups is 1. The van der Waals surface area contributed by atoms with Crippen molar-refractivity contribution in [3.05, 3.63) is 64.7 Å². The number of nitrogens with one attached hydrogen (secondary N) is 1. The molecular formula is C20H19ClN2O. The Hall–Kier alpha value is -2.26. The van der Waals surface area contributed by atoms with Crippen LogP contribution in [0.15, 0.2) is 54.1 Å². The molecular weight excluding hydrogens is 320 g/mol. The van der Waals surface area contributed by atoms with E-state index in [0.29, 0.717) is 5.02 Å². The molecule has 3 nitrogen and oxygen atoms in total. The van der Waals surface area contributed by atoms with Crippen molar-refractivity contribution < 1.29 is 4.79 Å². The Morgan fingerprint density at radius 2 is 1.92 bits per heavy atom. The van der Waals surface area contributed by atoms with Crippen molar-refractivity contribution in [2.45, 2.75) is 25.8 Å². The van der Waals surface area contributed by atoms with Gasteiger partial charge in [-0.25, -0.2) is 0 Å². The first-order valence-electron chi connectivity index (χ1n) is 8.29. The Balaban J connectivity index is 1.77. The number of benzene rings is 2. The summed E-state index contributed by atoms with van der Waals surface area (Å²) < 4.78 is 0. The van der Waals surface area contributed by atoms with Crippen LogP contribution in [0.4, 0.5) is 11.4 Å². The average Bonchev–Trinajstić information content (AvgIpc) is 2.96. The minimum atomic E-state index is 0.131. The molecule has 2 aromatic rings. The Morgan fingerprint density at radius 1 is 1.12 bits per heavy atom. The summed E-state index contributed by atoms with van der Waals surface area (Å²) in [6.45, 7) is 2.88. The van der Waals surface area contributed by atoms with Crippen LogP contribution in [0, 0.1) is 0 Å². The van der Waals surface area contributed by atoms with E-state index in [1.807, 2.05) is 53.4 Å². The number of rotatable bonds is 1. The summed E-state index contributed by atoms with van der Waals surface area (Å²) in [5.74, 6) is 0.131. The second-order valence-corrected chi connectivity index (χ2v) is 6.88. The van der Waals surface area contributed by atoms with Crippen molar-refractivity contribution >= 4 is 34.5 Å². The molecule has 1 unspecified atom stereocenters. The summed E-state index contributed by atoms with van der Waals surface area (Å²) in [4.78, 5) is 14.9. The first-order valence-corrected chi connectivity index (χ1v) is 8.66. The zero-order chi connectivity index (χ0) is 16.7. The van der Waals surface area contributed by atoms with Crippen molar-refractivity contribution in [1.29, 1.82) is 0 Å². The van der Waals surface area contributed by atoms with Gasteiger partial charge < -0.3 is 10.2 Å². The van der Waals surface area contributed by atoms with Crippen LogP contribution in [0.2, 0.25) is 5.02 Å². The molecule has 0 aliphatic carbocycles. The number of hydrogen-bond donors (Lipinski definition) is 1. The summed E-state index contributed by atoms with van der Waals surface area (Å²) >= 11 is 6.13. The van der Waals surface area contributed by atoms with E-state index < -0.39 is 0 Å². The van der Waals surface area contributed by atoms with E-state index >= 15 is 0 Å². The molecule has 122 valence electrons. The highest BCUT2D eigenvalue weighted by molar-refractivity contribution is 6.31. The Morgan fingerprint density at radius 3 is 2.71 bits per heavy atom. The van der Waals surface area contributed by atoms with Gasteiger partial charge in [0.2, 0.25) is 0 Å². The first-order chi connectivity index (χ1) is 11.6. The van der Waals surface area contributed by atoms with E-state index in [4.69, 9.17) is 11.6 Å². The third-order valence-electron chi connectivity index (χ3n) is 4.74. The lowest BCUT2D eigenvalue weighted by atomic mass is 9.89. The average molecular weight is 339 g/mol. The molecule has 2 aliphatic rings. The second-order valence-electron chi connectivity index (χ2n) is 6.44. The third kappa shape index (κ3) is 2.59. The lowest BCUT2D eigenvalue weighted by Crippen LogP contribution is -2.26. The first kappa shape index (κ1) is 15.3. The molecule has 0 radical (unpaired) electrons. The molecule has 0 aromatic heterocycles. The summed E-state index contributed by atoms with van der Waals surface area (Å²) in [5.41, 5.74) is 5.20. The molecule has 2 aromatic carbocycles. The second kappa shape index (κ2) is 5.99. The Bertz CT molecular complexity index is 829. The molecule has 2 aliphatic heterocycles. The molecule has 0 spiro atoms. The molecule has 2 heterocycles. The van der Waals surface area contributed by atoms with E-state index in [-0.39, 0.29) is 11.9 Å². The van der Waals surface area contributed by atoms with Gasteiger partial charge in [-0.3, -0.25) is 4.79 Å². The van der Waals surface area contributed by atoms with Crippen molar-refractivity contribution in [3.8, 4) is 0 Å². The number of nitrogens with zero attached hydrogens (tertiary/aromatic N) is 1. The normalized spacial score (nSPS) is 23.2. The van der Waals surface area contributed by atoms with Crippen LogP contribution in [0.1, 0.15) is 25.3 Å².